The van der Waals surface area contributed by atoms with Crippen LogP contribution in [0.15, 0.2) is 16.5 Å². The van der Waals surface area contributed by atoms with Gasteiger partial charge >= 0.3 is 0 Å². The van der Waals surface area contributed by atoms with E-state index in [1.807, 2.05) is 11.8 Å². The maximum Gasteiger partial charge on any atom is 0.196 e. The third kappa shape index (κ3) is 2.60. The van der Waals surface area contributed by atoms with Crippen molar-refractivity contribution < 1.29 is 13.9 Å². The molecule has 0 saturated heterocycles. The van der Waals surface area contributed by atoms with Gasteiger partial charge in [0, 0.05) is 26.3 Å². The van der Waals surface area contributed by atoms with Crippen molar-refractivity contribution in [2.24, 2.45) is 0 Å². The van der Waals surface area contributed by atoms with E-state index in [1.165, 1.54) is 0 Å². The summed E-state index contributed by atoms with van der Waals surface area (Å²) < 4.78 is 10.3. The maximum atomic E-state index is 10.4. The second kappa shape index (κ2) is 5.44. The van der Waals surface area contributed by atoms with Crippen LogP contribution in [0.5, 0.6) is 0 Å². The minimum atomic E-state index is 0.357. The summed E-state index contributed by atoms with van der Waals surface area (Å²) in [6, 6.07) is 3.46. The Morgan fingerprint density at radius 1 is 1.57 bits per heavy atom. The smallest absolute Gasteiger partial charge is 0.196 e. The highest BCUT2D eigenvalue weighted by atomic mass is 16.5. The first-order chi connectivity index (χ1) is 6.81. The van der Waals surface area contributed by atoms with E-state index in [9.17, 15) is 4.79 Å². The van der Waals surface area contributed by atoms with Crippen LogP contribution in [0.4, 0.5) is 5.88 Å². The molecule has 4 heteroatoms. The molecule has 0 bridgehead atoms. The number of hydrogen-bond donors (Lipinski definition) is 0. The highest BCUT2D eigenvalue weighted by molar-refractivity contribution is 5.71. The van der Waals surface area contributed by atoms with Gasteiger partial charge in [0.15, 0.2) is 17.9 Å². The minimum Gasteiger partial charge on any atom is -0.438 e. The zero-order chi connectivity index (χ0) is 10.4. The quantitative estimate of drug-likeness (QED) is 0.649. The van der Waals surface area contributed by atoms with Gasteiger partial charge in [-0.1, -0.05) is 0 Å². The Morgan fingerprint density at radius 2 is 2.36 bits per heavy atom. The van der Waals surface area contributed by atoms with E-state index in [0.29, 0.717) is 24.5 Å². The Bertz CT molecular complexity index is 283. The first kappa shape index (κ1) is 10.8. The summed E-state index contributed by atoms with van der Waals surface area (Å²) in [5.74, 6) is 1.07. The first-order valence-electron chi connectivity index (χ1n) is 4.60. The van der Waals surface area contributed by atoms with Gasteiger partial charge in [-0.05, 0) is 13.0 Å². The largest absolute Gasteiger partial charge is 0.438 e. The van der Waals surface area contributed by atoms with Gasteiger partial charge < -0.3 is 14.1 Å². The molecule has 0 atom stereocenters. The number of aldehydes is 1. The average Bonchev–Trinajstić information content (AvgIpc) is 2.68. The summed E-state index contributed by atoms with van der Waals surface area (Å²) in [5, 5.41) is 0. The Labute approximate surface area is 83.5 Å². The summed E-state index contributed by atoms with van der Waals surface area (Å²) >= 11 is 0. The number of nitrogens with zero attached hydrogens (tertiary/aromatic N) is 1. The van der Waals surface area contributed by atoms with E-state index in [0.717, 1.165) is 13.1 Å². The molecule has 0 unspecified atom stereocenters. The molecular weight excluding hydrogens is 182 g/mol. The maximum absolute atomic E-state index is 10.4. The van der Waals surface area contributed by atoms with Crippen molar-refractivity contribution in [3.63, 3.8) is 0 Å². The fourth-order valence-electron chi connectivity index (χ4n) is 1.20. The molecule has 0 fully saturated rings. The van der Waals surface area contributed by atoms with E-state index < -0.39 is 0 Å². The summed E-state index contributed by atoms with van der Waals surface area (Å²) in [4.78, 5) is 12.4. The van der Waals surface area contributed by atoms with Crippen LogP contribution in [-0.2, 0) is 4.74 Å². The fraction of sp³-hybridized carbons (Fsp3) is 0.500. The van der Waals surface area contributed by atoms with Crippen LogP contribution in [0, 0.1) is 0 Å². The Balaban J connectivity index is 2.63. The molecule has 1 heterocycles. The molecule has 0 amide bonds. The van der Waals surface area contributed by atoms with Gasteiger partial charge in [0.1, 0.15) is 0 Å². The average molecular weight is 197 g/mol. The van der Waals surface area contributed by atoms with Gasteiger partial charge in [-0.25, -0.2) is 0 Å². The third-order valence-corrected chi connectivity index (χ3v) is 1.99. The number of furan rings is 1. The molecule has 4 nitrogen and oxygen atoms in total. The topological polar surface area (TPSA) is 42.7 Å². The number of anilines is 1. The minimum absolute atomic E-state index is 0.357. The molecule has 1 rings (SSSR count). The Kier molecular flexibility index (Phi) is 4.19. The molecule has 0 aliphatic rings. The lowest BCUT2D eigenvalue weighted by Gasteiger charge is -2.18. The molecule has 0 N–H and O–H groups in total. The second-order valence-corrected chi connectivity index (χ2v) is 2.87. The van der Waals surface area contributed by atoms with E-state index in [1.54, 1.807) is 19.2 Å². The first-order valence-corrected chi connectivity index (χ1v) is 4.60. The monoisotopic (exact) mass is 197 g/mol. The lowest BCUT2D eigenvalue weighted by molar-refractivity contribution is 0.110. The molecule has 0 spiro atoms. The zero-order valence-corrected chi connectivity index (χ0v) is 8.53. The standard InChI is InChI=1S/C10H15NO3/c1-3-11(6-7-13-2)10-5-4-9(8-12)14-10/h4-5,8H,3,6-7H2,1-2H3. The van der Waals surface area contributed by atoms with E-state index in [2.05, 4.69) is 0 Å². The number of ether oxygens (including phenoxy) is 1. The van der Waals surface area contributed by atoms with Crippen LogP contribution in [0.25, 0.3) is 0 Å². The lowest BCUT2D eigenvalue weighted by Crippen LogP contribution is -2.26. The number of carbonyl (C=O) groups is 1. The summed E-state index contributed by atoms with van der Waals surface area (Å²) in [6.07, 6.45) is 0.702. The molecule has 14 heavy (non-hydrogen) atoms. The van der Waals surface area contributed by atoms with Crippen molar-refractivity contribution in [2.75, 3.05) is 31.7 Å². The van der Waals surface area contributed by atoms with Crippen molar-refractivity contribution in [3.8, 4) is 0 Å². The van der Waals surface area contributed by atoms with E-state index >= 15 is 0 Å². The van der Waals surface area contributed by atoms with Crippen LogP contribution < -0.4 is 4.90 Å². The van der Waals surface area contributed by atoms with Crippen molar-refractivity contribution >= 4 is 12.2 Å². The van der Waals surface area contributed by atoms with Gasteiger partial charge in [0.05, 0.1) is 6.61 Å². The SMILES string of the molecule is CCN(CCOC)c1ccc(C=O)o1. The normalized spacial score (nSPS) is 10.1. The zero-order valence-electron chi connectivity index (χ0n) is 8.53. The van der Waals surface area contributed by atoms with Gasteiger partial charge in [-0.2, -0.15) is 0 Å². The molecule has 0 aliphatic carbocycles. The second-order valence-electron chi connectivity index (χ2n) is 2.87. The summed E-state index contributed by atoms with van der Waals surface area (Å²) in [5.41, 5.74) is 0. The van der Waals surface area contributed by atoms with Crippen LogP contribution in [-0.4, -0.2) is 33.1 Å². The Hall–Kier alpha value is -1.29. The molecular formula is C10H15NO3. The van der Waals surface area contributed by atoms with Gasteiger partial charge in [-0.3, -0.25) is 4.79 Å². The Morgan fingerprint density at radius 3 is 2.86 bits per heavy atom. The van der Waals surface area contributed by atoms with Crippen molar-refractivity contribution in [1.82, 2.24) is 0 Å². The van der Waals surface area contributed by atoms with E-state index in [-0.39, 0.29) is 0 Å². The van der Waals surface area contributed by atoms with E-state index in [4.69, 9.17) is 9.15 Å². The van der Waals surface area contributed by atoms with Crippen molar-refractivity contribution in [1.29, 1.82) is 0 Å². The molecule has 1 aromatic rings. The van der Waals surface area contributed by atoms with Crippen molar-refractivity contribution in [3.05, 3.63) is 17.9 Å². The third-order valence-electron chi connectivity index (χ3n) is 1.99. The molecule has 0 radical (unpaired) electrons. The summed E-state index contributed by atoms with van der Waals surface area (Å²) in [6.45, 7) is 4.26. The van der Waals surface area contributed by atoms with Crippen molar-refractivity contribution in [2.45, 2.75) is 6.92 Å². The number of rotatable bonds is 6. The predicted molar refractivity (Wildman–Crippen MR) is 53.9 cm³/mol. The van der Waals surface area contributed by atoms with Crippen LogP contribution in [0.1, 0.15) is 17.5 Å². The number of methoxy groups -OCH3 is 1. The fourth-order valence-corrected chi connectivity index (χ4v) is 1.20. The molecule has 0 aromatic carbocycles. The lowest BCUT2D eigenvalue weighted by atomic mass is 10.4. The van der Waals surface area contributed by atoms with Gasteiger partial charge in [0.2, 0.25) is 0 Å². The molecule has 0 aliphatic heterocycles. The summed E-state index contributed by atoms with van der Waals surface area (Å²) in [7, 11) is 1.66. The highest BCUT2D eigenvalue weighted by Crippen LogP contribution is 2.16. The van der Waals surface area contributed by atoms with Gasteiger partial charge in [0.25, 0.3) is 0 Å². The number of hydrogen-bond acceptors (Lipinski definition) is 4. The molecule has 0 saturated carbocycles. The molecule has 1 aromatic heterocycles. The highest BCUT2D eigenvalue weighted by Gasteiger charge is 2.08. The van der Waals surface area contributed by atoms with Crippen LogP contribution in [0.2, 0.25) is 0 Å². The number of likely N-dealkylation sites (N-methyl/N-ethyl adjacent to an activating group) is 1. The van der Waals surface area contributed by atoms with Crippen LogP contribution in [0.3, 0.4) is 0 Å². The molecule has 78 valence electrons. The van der Waals surface area contributed by atoms with Crippen LogP contribution >= 0.6 is 0 Å². The predicted octanol–water partition coefficient (Wildman–Crippen LogP) is 1.56. The number of carbonyl (C=O) groups excluding carboxylic acids is 1. The van der Waals surface area contributed by atoms with Gasteiger partial charge in [-0.15, -0.1) is 0 Å².